The molecular formula is C26H26ClN7O2. The van der Waals surface area contributed by atoms with Crippen molar-refractivity contribution in [3.05, 3.63) is 47.5 Å². The topological polar surface area (TPSA) is 127 Å². The maximum absolute atomic E-state index is 6.79. The Morgan fingerprint density at radius 1 is 1.14 bits per heavy atom. The van der Waals surface area contributed by atoms with Gasteiger partial charge in [-0.25, -0.2) is 15.0 Å². The molecule has 4 aliphatic carbocycles. The zero-order valence-corrected chi connectivity index (χ0v) is 20.7. The molecule has 0 amide bonds. The number of nitrogen functional groups attached to an aromatic ring is 2. The number of fused-ring (bicyclic) bond motifs is 2. The zero-order valence-electron chi connectivity index (χ0n) is 20.0. The summed E-state index contributed by atoms with van der Waals surface area (Å²) < 4.78 is 15.7. The lowest BCUT2D eigenvalue weighted by atomic mass is 9.47. The summed E-state index contributed by atoms with van der Waals surface area (Å²) in [6, 6.07) is 6.01. The van der Waals surface area contributed by atoms with Gasteiger partial charge in [-0.1, -0.05) is 11.6 Å². The number of aryl methyl sites for hydroxylation is 1. The molecule has 5 fully saturated rings. The van der Waals surface area contributed by atoms with E-state index in [0.717, 1.165) is 46.9 Å². The Morgan fingerprint density at radius 2 is 2.00 bits per heavy atom. The Kier molecular flexibility index (Phi) is 3.79. The van der Waals surface area contributed by atoms with Crippen molar-refractivity contribution in [1.29, 1.82) is 0 Å². The molecule has 4 bridgehead atoms. The fraction of sp³-hybridized carbons (Fsp3) is 0.462. The Bertz CT molecular complexity index is 1600. The number of aromatic nitrogens is 5. The van der Waals surface area contributed by atoms with E-state index in [0.29, 0.717) is 28.5 Å². The number of hydrogen-bond donors (Lipinski definition) is 2. The second-order valence-electron chi connectivity index (χ2n) is 11.3. The van der Waals surface area contributed by atoms with Gasteiger partial charge in [0.05, 0.1) is 33.6 Å². The minimum absolute atomic E-state index is 0.0395. The van der Waals surface area contributed by atoms with Gasteiger partial charge in [0.2, 0.25) is 0 Å². The number of ether oxygens (including phenoxy) is 2. The fourth-order valence-electron chi connectivity index (χ4n) is 8.08. The highest BCUT2D eigenvalue weighted by atomic mass is 35.5. The van der Waals surface area contributed by atoms with Crippen LogP contribution in [-0.2, 0) is 15.9 Å². The molecule has 9 rings (SSSR count). The molecule has 1 spiro atoms. The van der Waals surface area contributed by atoms with Crippen LogP contribution in [-0.4, -0.2) is 42.0 Å². The van der Waals surface area contributed by atoms with Crippen LogP contribution in [0.5, 0.6) is 0 Å². The highest BCUT2D eigenvalue weighted by molar-refractivity contribution is 6.33. The normalized spacial score (nSPS) is 35.1. The molecule has 1 aliphatic heterocycles. The quantitative estimate of drug-likeness (QED) is 0.429. The van der Waals surface area contributed by atoms with Gasteiger partial charge in [0.1, 0.15) is 29.2 Å². The van der Waals surface area contributed by atoms with E-state index < -0.39 is 5.79 Å². The largest absolute Gasteiger partial charge is 0.383 e. The van der Waals surface area contributed by atoms with Crippen LogP contribution in [0.15, 0.2) is 36.9 Å². The summed E-state index contributed by atoms with van der Waals surface area (Å²) >= 11 is 6.12. The third-order valence-electron chi connectivity index (χ3n) is 9.26. The van der Waals surface area contributed by atoms with Crippen molar-refractivity contribution < 1.29 is 9.47 Å². The van der Waals surface area contributed by atoms with Crippen LogP contribution in [0, 0.1) is 17.3 Å². The lowest BCUT2D eigenvalue weighted by Gasteiger charge is -2.62. The van der Waals surface area contributed by atoms with Gasteiger partial charge in [0.15, 0.2) is 5.79 Å². The van der Waals surface area contributed by atoms with E-state index >= 15 is 0 Å². The first-order chi connectivity index (χ1) is 17.2. The number of hydrogen-bond acceptors (Lipinski definition) is 8. The van der Waals surface area contributed by atoms with Gasteiger partial charge in [0.25, 0.3) is 0 Å². The third-order valence-corrected chi connectivity index (χ3v) is 9.56. The molecule has 9 nitrogen and oxygen atoms in total. The minimum Gasteiger partial charge on any atom is -0.383 e. The van der Waals surface area contributed by atoms with Crippen molar-refractivity contribution in [2.45, 2.75) is 56.6 Å². The van der Waals surface area contributed by atoms with Gasteiger partial charge in [0, 0.05) is 17.8 Å². The smallest absolute Gasteiger partial charge is 0.164 e. The van der Waals surface area contributed by atoms with Crippen molar-refractivity contribution in [2.75, 3.05) is 11.5 Å². The third kappa shape index (κ3) is 2.35. The molecule has 6 atom stereocenters. The molecule has 1 saturated heterocycles. The molecule has 36 heavy (non-hydrogen) atoms. The summed E-state index contributed by atoms with van der Waals surface area (Å²) in [6.07, 6.45) is 8.57. The van der Waals surface area contributed by atoms with E-state index in [4.69, 9.17) is 32.5 Å². The standard InChI is InChI=1S/C26H26ClN7O2/c1-24(2)35-23-25(5-3-12-7-17-16(30-10-12)8-15(27)21(29)33-17)9-14-18(25)19(26(14,23)36-24)34-6-4-13-20(28)31-11-32-22(13)34/h4,6-8,10-11,14,18-19,23H,3,5,9H2,1-2H3,(H2,29,33)(H2,28,31,32)/t14?,18-,19-,23-,25-,26-/m1/s1. The van der Waals surface area contributed by atoms with Crippen molar-refractivity contribution in [1.82, 2.24) is 24.5 Å². The van der Waals surface area contributed by atoms with E-state index in [-0.39, 0.29) is 23.2 Å². The lowest BCUT2D eigenvalue weighted by molar-refractivity contribution is -0.283. The molecule has 4 saturated carbocycles. The number of nitrogens with zero attached hydrogens (tertiary/aromatic N) is 5. The van der Waals surface area contributed by atoms with Gasteiger partial charge in [-0.3, -0.25) is 4.98 Å². The summed E-state index contributed by atoms with van der Waals surface area (Å²) in [5.41, 5.74) is 15.3. The van der Waals surface area contributed by atoms with Crippen LogP contribution in [0.25, 0.3) is 22.1 Å². The second kappa shape index (κ2) is 6.45. The minimum atomic E-state index is -0.625. The summed E-state index contributed by atoms with van der Waals surface area (Å²) in [6.45, 7) is 4.06. The summed E-state index contributed by atoms with van der Waals surface area (Å²) in [5, 5.41) is 1.31. The Morgan fingerprint density at radius 3 is 2.86 bits per heavy atom. The van der Waals surface area contributed by atoms with Crippen LogP contribution >= 0.6 is 11.6 Å². The molecule has 0 radical (unpaired) electrons. The highest BCUT2D eigenvalue weighted by Crippen LogP contribution is 2.87. The first-order valence-electron chi connectivity index (χ1n) is 12.4. The fourth-order valence-corrected chi connectivity index (χ4v) is 8.23. The molecular weight excluding hydrogens is 478 g/mol. The first kappa shape index (κ1) is 21.1. The van der Waals surface area contributed by atoms with E-state index in [1.165, 1.54) is 6.33 Å². The molecule has 4 aromatic rings. The van der Waals surface area contributed by atoms with Crippen LogP contribution in [0.2, 0.25) is 5.02 Å². The van der Waals surface area contributed by atoms with Crippen molar-refractivity contribution in [3.63, 3.8) is 0 Å². The summed E-state index contributed by atoms with van der Waals surface area (Å²) in [5.74, 6) is 1.16. The predicted octanol–water partition coefficient (Wildman–Crippen LogP) is 3.91. The van der Waals surface area contributed by atoms with Gasteiger partial charge in [-0.15, -0.1) is 0 Å². The second-order valence-corrected chi connectivity index (χ2v) is 11.7. The average molecular weight is 504 g/mol. The SMILES string of the molecule is CC1(C)O[C@@H]2[C@]3(CCc4cnc5cc(Cl)c(N)nc5c4)CC4[C@@H]3[C@@H](n3ccc5c(N)ncnc53)[C@]42O1. The van der Waals surface area contributed by atoms with Crippen LogP contribution < -0.4 is 11.5 Å². The van der Waals surface area contributed by atoms with Crippen LogP contribution in [0.4, 0.5) is 11.6 Å². The molecule has 0 aromatic carbocycles. The maximum atomic E-state index is 6.79. The van der Waals surface area contributed by atoms with Crippen molar-refractivity contribution in [2.24, 2.45) is 17.3 Å². The molecule has 1 unspecified atom stereocenters. The lowest BCUT2D eigenvalue weighted by Crippen LogP contribution is -2.64. The Hall–Kier alpha value is -3.01. The monoisotopic (exact) mass is 503 g/mol. The number of anilines is 2. The summed E-state index contributed by atoms with van der Waals surface area (Å²) in [7, 11) is 0. The molecule has 10 heteroatoms. The van der Waals surface area contributed by atoms with Gasteiger partial charge in [-0.2, -0.15) is 0 Å². The first-order valence-corrected chi connectivity index (χ1v) is 12.8. The van der Waals surface area contributed by atoms with Gasteiger partial charge in [-0.05, 0) is 68.7 Å². The highest BCUT2D eigenvalue weighted by Gasteiger charge is 2.92. The van der Waals surface area contributed by atoms with Crippen LogP contribution in [0.1, 0.15) is 38.3 Å². The molecule has 4 N–H and O–H groups in total. The molecule has 184 valence electrons. The average Bonchev–Trinajstić information content (AvgIpc) is 3.52. The number of nitrogens with two attached hydrogens (primary N) is 2. The molecule has 5 heterocycles. The predicted molar refractivity (Wildman–Crippen MR) is 135 cm³/mol. The van der Waals surface area contributed by atoms with E-state index in [2.05, 4.69) is 36.8 Å². The number of rotatable bonds is 4. The van der Waals surface area contributed by atoms with Gasteiger partial charge < -0.3 is 25.5 Å². The Labute approximate surface area is 212 Å². The maximum Gasteiger partial charge on any atom is 0.164 e. The van der Waals surface area contributed by atoms with E-state index in [9.17, 15) is 0 Å². The molecule has 5 aliphatic rings. The Balaban J connectivity index is 1.16. The number of pyridine rings is 2. The van der Waals surface area contributed by atoms with Crippen molar-refractivity contribution in [3.8, 4) is 0 Å². The van der Waals surface area contributed by atoms with Crippen molar-refractivity contribution >= 4 is 45.3 Å². The number of halogens is 1. The van der Waals surface area contributed by atoms with E-state index in [1.54, 1.807) is 6.07 Å². The van der Waals surface area contributed by atoms with Gasteiger partial charge >= 0.3 is 0 Å². The summed E-state index contributed by atoms with van der Waals surface area (Å²) in [4.78, 5) is 17.8. The zero-order chi connectivity index (χ0) is 24.6. The molecule has 4 aromatic heterocycles. The van der Waals surface area contributed by atoms with Crippen LogP contribution in [0.3, 0.4) is 0 Å². The van der Waals surface area contributed by atoms with E-state index in [1.807, 2.05) is 26.1 Å².